The minimum absolute atomic E-state index is 0.560. The third-order valence-corrected chi connectivity index (χ3v) is 4.16. The zero-order chi connectivity index (χ0) is 12.1. The second kappa shape index (κ2) is 6.69. The van der Waals surface area contributed by atoms with Gasteiger partial charge in [-0.3, -0.25) is 4.90 Å². The van der Waals surface area contributed by atoms with Gasteiger partial charge in [-0.05, 0) is 19.9 Å². The first-order valence-electron chi connectivity index (χ1n) is 6.92. The summed E-state index contributed by atoms with van der Waals surface area (Å²) in [5, 5.41) is 3.47. The molecule has 0 aromatic heterocycles. The van der Waals surface area contributed by atoms with Crippen LogP contribution in [-0.4, -0.2) is 63.5 Å². The molecule has 0 bridgehead atoms. The van der Waals surface area contributed by atoms with Crippen molar-refractivity contribution in [2.24, 2.45) is 5.92 Å². The van der Waals surface area contributed by atoms with Crippen molar-refractivity contribution in [3.8, 4) is 0 Å². The quantitative estimate of drug-likeness (QED) is 0.770. The molecule has 2 aliphatic heterocycles. The molecule has 0 aliphatic carbocycles. The maximum absolute atomic E-state index is 5.56. The van der Waals surface area contributed by atoms with Crippen LogP contribution in [0.4, 0.5) is 0 Å². The predicted molar refractivity (Wildman–Crippen MR) is 68.2 cm³/mol. The van der Waals surface area contributed by atoms with Crippen LogP contribution in [0.1, 0.15) is 19.8 Å². The summed E-state index contributed by atoms with van der Waals surface area (Å²) in [7, 11) is 2.07. The zero-order valence-electron chi connectivity index (χ0n) is 11.2. The van der Waals surface area contributed by atoms with Crippen LogP contribution >= 0.6 is 0 Å². The van der Waals surface area contributed by atoms with Crippen molar-refractivity contribution in [3.63, 3.8) is 0 Å². The van der Waals surface area contributed by atoms with Gasteiger partial charge in [0.25, 0.3) is 0 Å². The minimum atomic E-state index is 0.560. The van der Waals surface area contributed by atoms with Gasteiger partial charge in [-0.25, -0.2) is 0 Å². The van der Waals surface area contributed by atoms with E-state index in [9.17, 15) is 0 Å². The molecule has 17 heavy (non-hydrogen) atoms. The van der Waals surface area contributed by atoms with E-state index >= 15 is 0 Å². The van der Waals surface area contributed by atoms with Gasteiger partial charge in [0.2, 0.25) is 0 Å². The summed E-state index contributed by atoms with van der Waals surface area (Å²) in [6.45, 7) is 8.09. The Kier molecular flexibility index (Phi) is 5.22. The van der Waals surface area contributed by atoms with Crippen molar-refractivity contribution in [2.75, 3.05) is 46.6 Å². The summed E-state index contributed by atoms with van der Waals surface area (Å²) in [5.74, 6) is 0.681. The average molecular weight is 242 g/mol. The molecule has 2 rings (SSSR count). The molecular formula is C13H26N2O2. The maximum atomic E-state index is 5.56. The van der Waals surface area contributed by atoms with Gasteiger partial charge in [0.1, 0.15) is 0 Å². The van der Waals surface area contributed by atoms with Crippen LogP contribution in [0, 0.1) is 5.92 Å². The van der Waals surface area contributed by atoms with Gasteiger partial charge in [0.15, 0.2) is 0 Å². The van der Waals surface area contributed by atoms with E-state index in [1.807, 2.05) is 0 Å². The lowest BCUT2D eigenvalue weighted by atomic mass is 9.97. The normalized spacial score (nSPS) is 32.8. The lowest BCUT2D eigenvalue weighted by molar-refractivity contribution is -0.0153. The molecule has 2 saturated heterocycles. The van der Waals surface area contributed by atoms with E-state index in [0.29, 0.717) is 18.0 Å². The molecule has 0 spiro atoms. The first-order valence-corrected chi connectivity index (χ1v) is 6.92. The van der Waals surface area contributed by atoms with Gasteiger partial charge in [-0.15, -0.1) is 0 Å². The number of nitrogens with zero attached hydrogens (tertiary/aromatic N) is 1. The second-order valence-electron chi connectivity index (χ2n) is 5.15. The summed E-state index contributed by atoms with van der Waals surface area (Å²) in [4.78, 5) is 2.59. The first-order chi connectivity index (χ1) is 8.35. The van der Waals surface area contributed by atoms with Gasteiger partial charge in [0.05, 0.1) is 19.8 Å². The molecular weight excluding hydrogens is 216 g/mol. The molecule has 0 amide bonds. The topological polar surface area (TPSA) is 33.7 Å². The highest BCUT2D eigenvalue weighted by molar-refractivity contribution is 4.84. The standard InChI is InChI=1S/C13H26N2O2/c1-3-12-10-17-7-5-15(12)8-13(14-2)11-4-6-16-9-11/h11-14H,3-10H2,1-2H3. The average Bonchev–Trinajstić information content (AvgIpc) is 2.90. The molecule has 3 atom stereocenters. The van der Waals surface area contributed by atoms with Gasteiger partial charge in [-0.1, -0.05) is 6.92 Å². The van der Waals surface area contributed by atoms with E-state index in [0.717, 1.165) is 39.5 Å². The molecule has 2 aliphatic rings. The van der Waals surface area contributed by atoms with Crippen LogP contribution in [0.2, 0.25) is 0 Å². The fourth-order valence-electron chi connectivity index (χ4n) is 2.90. The van der Waals surface area contributed by atoms with Crippen molar-refractivity contribution in [2.45, 2.75) is 31.8 Å². The van der Waals surface area contributed by atoms with Crippen molar-refractivity contribution in [1.82, 2.24) is 10.2 Å². The summed E-state index contributed by atoms with van der Waals surface area (Å²) in [5.41, 5.74) is 0. The minimum Gasteiger partial charge on any atom is -0.381 e. The maximum Gasteiger partial charge on any atom is 0.0622 e. The van der Waals surface area contributed by atoms with Crippen LogP contribution in [-0.2, 0) is 9.47 Å². The van der Waals surface area contributed by atoms with Gasteiger partial charge in [-0.2, -0.15) is 0 Å². The van der Waals surface area contributed by atoms with E-state index in [4.69, 9.17) is 9.47 Å². The number of morpholine rings is 1. The van der Waals surface area contributed by atoms with E-state index in [1.54, 1.807) is 0 Å². The zero-order valence-corrected chi connectivity index (χ0v) is 11.2. The summed E-state index contributed by atoms with van der Waals surface area (Å²) in [6, 6.07) is 1.16. The molecule has 0 saturated carbocycles. The number of likely N-dealkylation sites (N-methyl/N-ethyl adjacent to an activating group) is 1. The number of rotatable bonds is 5. The third kappa shape index (κ3) is 3.41. The molecule has 1 N–H and O–H groups in total. The van der Waals surface area contributed by atoms with Crippen molar-refractivity contribution in [1.29, 1.82) is 0 Å². The number of ether oxygens (including phenoxy) is 2. The number of nitrogens with one attached hydrogen (secondary N) is 1. The van der Waals surface area contributed by atoms with E-state index in [1.165, 1.54) is 12.8 Å². The Morgan fingerprint density at radius 1 is 1.29 bits per heavy atom. The molecule has 4 nitrogen and oxygen atoms in total. The Balaban J connectivity index is 1.87. The van der Waals surface area contributed by atoms with Gasteiger partial charge < -0.3 is 14.8 Å². The molecule has 100 valence electrons. The lowest BCUT2D eigenvalue weighted by Crippen LogP contribution is -2.52. The highest BCUT2D eigenvalue weighted by Gasteiger charge is 2.29. The first kappa shape index (κ1) is 13.3. The molecule has 3 unspecified atom stereocenters. The van der Waals surface area contributed by atoms with Crippen molar-refractivity contribution >= 4 is 0 Å². The molecule has 4 heteroatoms. The molecule has 0 aromatic rings. The number of hydrogen-bond acceptors (Lipinski definition) is 4. The summed E-state index contributed by atoms with van der Waals surface area (Å²) in [6.07, 6.45) is 2.38. The Hall–Kier alpha value is -0.160. The lowest BCUT2D eigenvalue weighted by Gasteiger charge is -2.38. The number of hydrogen-bond donors (Lipinski definition) is 1. The highest BCUT2D eigenvalue weighted by atomic mass is 16.5. The molecule has 0 aromatic carbocycles. The van der Waals surface area contributed by atoms with Gasteiger partial charge in [0, 0.05) is 37.7 Å². The van der Waals surface area contributed by atoms with E-state index in [2.05, 4.69) is 24.2 Å². The Labute approximate surface area is 105 Å². The fourth-order valence-corrected chi connectivity index (χ4v) is 2.90. The smallest absolute Gasteiger partial charge is 0.0622 e. The van der Waals surface area contributed by atoms with Crippen LogP contribution < -0.4 is 5.32 Å². The van der Waals surface area contributed by atoms with Crippen molar-refractivity contribution < 1.29 is 9.47 Å². The Morgan fingerprint density at radius 3 is 2.76 bits per heavy atom. The van der Waals surface area contributed by atoms with Gasteiger partial charge >= 0.3 is 0 Å². The predicted octanol–water partition coefficient (Wildman–Crippen LogP) is 0.722. The SMILES string of the molecule is CCC1COCCN1CC(NC)C1CCOC1. The van der Waals surface area contributed by atoms with Crippen LogP contribution in [0.3, 0.4) is 0 Å². The Morgan fingerprint density at radius 2 is 2.12 bits per heavy atom. The largest absolute Gasteiger partial charge is 0.381 e. The van der Waals surface area contributed by atoms with Crippen LogP contribution in [0.25, 0.3) is 0 Å². The van der Waals surface area contributed by atoms with Crippen molar-refractivity contribution in [3.05, 3.63) is 0 Å². The molecule has 2 fully saturated rings. The fraction of sp³-hybridized carbons (Fsp3) is 1.00. The summed E-state index contributed by atoms with van der Waals surface area (Å²) < 4.78 is 11.1. The third-order valence-electron chi connectivity index (χ3n) is 4.16. The van der Waals surface area contributed by atoms with E-state index < -0.39 is 0 Å². The molecule has 0 radical (unpaired) electrons. The monoisotopic (exact) mass is 242 g/mol. The van der Waals surface area contributed by atoms with Crippen LogP contribution in [0.5, 0.6) is 0 Å². The van der Waals surface area contributed by atoms with E-state index in [-0.39, 0.29) is 0 Å². The summed E-state index contributed by atoms with van der Waals surface area (Å²) >= 11 is 0. The Bertz CT molecular complexity index is 217. The van der Waals surface area contributed by atoms with Crippen LogP contribution in [0.15, 0.2) is 0 Å². The molecule has 2 heterocycles. The highest BCUT2D eigenvalue weighted by Crippen LogP contribution is 2.19. The second-order valence-corrected chi connectivity index (χ2v) is 5.15.